The van der Waals surface area contributed by atoms with Gasteiger partial charge in [-0.25, -0.2) is 4.79 Å². The number of aryl methyl sites for hydroxylation is 2. The number of nitrogens with zero attached hydrogens (tertiary/aromatic N) is 3. The van der Waals surface area contributed by atoms with Crippen LogP contribution in [0.3, 0.4) is 0 Å². The van der Waals surface area contributed by atoms with Crippen molar-refractivity contribution in [2.75, 3.05) is 5.32 Å². The van der Waals surface area contributed by atoms with E-state index in [-0.39, 0.29) is 12.2 Å². The molecule has 0 aliphatic carbocycles. The van der Waals surface area contributed by atoms with Gasteiger partial charge in [-0.1, -0.05) is 0 Å². The van der Waals surface area contributed by atoms with Crippen molar-refractivity contribution in [1.29, 1.82) is 0 Å². The highest BCUT2D eigenvalue weighted by molar-refractivity contribution is 6.39. The Hall–Kier alpha value is -3.42. The van der Waals surface area contributed by atoms with Crippen molar-refractivity contribution in [3.8, 4) is 0 Å². The maximum atomic E-state index is 12.0. The van der Waals surface area contributed by atoms with Gasteiger partial charge in [-0.15, -0.1) is 0 Å². The Bertz CT molecular complexity index is 1000. The van der Waals surface area contributed by atoms with Crippen LogP contribution in [-0.4, -0.2) is 25.9 Å². The molecule has 1 aromatic carbocycles. The maximum absolute atomic E-state index is 12.0. The van der Waals surface area contributed by atoms with Crippen molar-refractivity contribution in [3.05, 3.63) is 58.8 Å². The third kappa shape index (κ3) is 3.27. The van der Waals surface area contributed by atoms with Gasteiger partial charge in [0, 0.05) is 38.7 Å². The second kappa shape index (κ2) is 6.60. The molecule has 0 unspecified atom stereocenters. The van der Waals surface area contributed by atoms with E-state index >= 15 is 0 Å². The van der Waals surface area contributed by atoms with Gasteiger partial charge in [-0.2, -0.15) is 0 Å². The molecule has 0 saturated carbocycles. The first-order chi connectivity index (χ1) is 12.0. The highest BCUT2D eigenvalue weighted by Crippen LogP contribution is 2.17. The molecule has 2 heterocycles. The molecule has 3 aromatic rings. The quantitative estimate of drug-likeness (QED) is 0.680. The molecule has 2 aromatic heterocycles. The van der Waals surface area contributed by atoms with E-state index in [0.29, 0.717) is 11.2 Å². The highest BCUT2D eigenvalue weighted by Gasteiger charge is 2.15. The summed E-state index contributed by atoms with van der Waals surface area (Å²) in [6.07, 6.45) is 3.22. The maximum Gasteiger partial charge on any atom is 0.328 e. The Kier molecular flexibility index (Phi) is 4.34. The van der Waals surface area contributed by atoms with Crippen molar-refractivity contribution in [1.82, 2.24) is 19.4 Å². The van der Waals surface area contributed by atoms with Crippen molar-refractivity contribution in [2.45, 2.75) is 6.54 Å². The van der Waals surface area contributed by atoms with Crippen LogP contribution in [0.15, 0.2) is 47.5 Å². The first-order valence-corrected chi connectivity index (χ1v) is 7.61. The van der Waals surface area contributed by atoms with Gasteiger partial charge in [-0.05, 0) is 35.9 Å². The average Bonchev–Trinajstić information content (AvgIpc) is 2.84. The minimum absolute atomic E-state index is 0.159. The summed E-state index contributed by atoms with van der Waals surface area (Å²) >= 11 is 0. The van der Waals surface area contributed by atoms with Crippen LogP contribution in [0.5, 0.6) is 0 Å². The molecular formula is C17H17N5O3. The normalized spacial score (nSPS) is 10.6. The number of imidazole rings is 1. The summed E-state index contributed by atoms with van der Waals surface area (Å²) in [5.74, 6) is -1.51. The number of nitrogens with one attached hydrogen (secondary N) is 2. The van der Waals surface area contributed by atoms with Gasteiger partial charge < -0.3 is 10.6 Å². The zero-order chi connectivity index (χ0) is 18.0. The topological polar surface area (TPSA) is 98.0 Å². The average molecular weight is 339 g/mol. The predicted molar refractivity (Wildman–Crippen MR) is 92.9 cm³/mol. The predicted octanol–water partition coefficient (Wildman–Crippen LogP) is 0.527. The van der Waals surface area contributed by atoms with E-state index in [1.165, 1.54) is 9.13 Å². The number of amides is 2. The molecule has 3 rings (SSSR count). The van der Waals surface area contributed by atoms with Gasteiger partial charge in [-0.3, -0.25) is 23.7 Å². The Morgan fingerprint density at radius 3 is 2.40 bits per heavy atom. The number of hydrogen-bond acceptors (Lipinski definition) is 4. The zero-order valence-electron chi connectivity index (χ0n) is 13.8. The molecule has 0 spiro atoms. The second-order valence-corrected chi connectivity index (χ2v) is 5.60. The van der Waals surface area contributed by atoms with E-state index in [0.717, 1.165) is 11.1 Å². The van der Waals surface area contributed by atoms with Crippen molar-refractivity contribution < 1.29 is 9.59 Å². The molecule has 128 valence electrons. The van der Waals surface area contributed by atoms with Crippen LogP contribution in [-0.2, 0) is 30.2 Å². The lowest BCUT2D eigenvalue weighted by Gasteiger charge is -2.07. The Labute approximate surface area is 143 Å². The molecule has 0 radical (unpaired) electrons. The van der Waals surface area contributed by atoms with Gasteiger partial charge in [0.2, 0.25) is 0 Å². The lowest BCUT2D eigenvalue weighted by molar-refractivity contribution is -0.136. The molecule has 0 aliphatic rings. The van der Waals surface area contributed by atoms with Crippen LogP contribution < -0.4 is 16.3 Å². The minimum Gasteiger partial charge on any atom is -0.344 e. The first-order valence-electron chi connectivity index (χ1n) is 7.61. The van der Waals surface area contributed by atoms with Crippen LogP contribution in [0.1, 0.15) is 5.56 Å². The van der Waals surface area contributed by atoms with Gasteiger partial charge in [0.1, 0.15) is 0 Å². The van der Waals surface area contributed by atoms with Gasteiger partial charge in [0.25, 0.3) is 0 Å². The highest BCUT2D eigenvalue weighted by atomic mass is 16.2. The molecule has 2 amide bonds. The van der Waals surface area contributed by atoms with Gasteiger partial charge >= 0.3 is 17.5 Å². The number of carbonyl (C=O) groups excluding carboxylic acids is 2. The molecule has 0 aliphatic heterocycles. The third-order valence-electron chi connectivity index (χ3n) is 3.94. The Morgan fingerprint density at radius 1 is 1.00 bits per heavy atom. The number of anilines is 1. The van der Waals surface area contributed by atoms with E-state index in [9.17, 15) is 14.4 Å². The van der Waals surface area contributed by atoms with Crippen LogP contribution in [0.25, 0.3) is 11.0 Å². The van der Waals surface area contributed by atoms with E-state index in [1.807, 2.05) is 0 Å². The molecule has 8 heteroatoms. The largest absolute Gasteiger partial charge is 0.344 e. The number of fused-ring (bicyclic) bond motifs is 1. The Morgan fingerprint density at radius 2 is 1.68 bits per heavy atom. The second-order valence-electron chi connectivity index (χ2n) is 5.60. The molecule has 0 bridgehead atoms. The number of hydrogen-bond donors (Lipinski definition) is 2. The van der Waals surface area contributed by atoms with Crippen LogP contribution in [0.4, 0.5) is 5.69 Å². The summed E-state index contributed by atoms with van der Waals surface area (Å²) < 4.78 is 3.00. The van der Waals surface area contributed by atoms with Gasteiger partial charge in [0.15, 0.2) is 0 Å². The fourth-order valence-electron chi connectivity index (χ4n) is 2.54. The monoisotopic (exact) mass is 339 g/mol. The zero-order valence-corrected chi connectivity index (χ0v) is 13.8. The van der Waals surface area contributed by atoms with Crippen LogP contribution >= 0.6 is 0 Å². The summed E-state index contributed by atoms with van der Waals surface area (Å²) in [4.78, 5) is 39.7. The van der Waals surface area contributed by atoms with E-state index in [1.54, 1.807) is 56.8 Å². The fraction of sp³-hybridized carbons (Fsp3) is 0.176. The summed E-state index contributed by atoms with van der Waals surface area (Å²) in [5.41, 5.74) is 2.54. The summed E-state index contributed by atoms with van der Waals surface area (Å²) in [6.45, 7) is 0.237. The van der Waals surface area contributed by atoms with E-state index in [2.05, 4.69) is 15.6 Å². The molecule has 0 fully saturated rings. The first kappa shape index (κ1) is 16.4. The van der Waals surface area contributed by atoms with E-state index < -0.39 is 11.8 Å². The standard InChI is InChI=1S/C17H17N5O3/c1-21-13-4-3-12(9-14(13)22(2)17(21)25)20-16(24)15(23)19-10-11-5-7-18-8-6-11/h3-9H,10H2,1-2H3,(H,19,23)(H,20,24). The number of benzene rings is 1. The smallest absolute Gasteiger partial charge is 0.328 e. The fourth-order valence-corrected chi connectivity index (χ4v) is 2.54. The van der Waals surface area contributed by atoms with Crippen molar-refractivity contribution in [3.63, 3.8) is 0 Å². The molecule has 0 saturated heterocycles. The van der Waals surface area contributed by atoms with Crippen molar-refractivity contribution in [2.24, 2.45) is 14.1 Å². The minimum atomic E-state index is -0.769. The lowest BCUT2D eigenvalue weighted by Crippen LogP contribution is -2.34. The van der Waals surface area contributed by atoms with Crippen LogP contribution in [0.2, 0.25) is 0 Å². The molecule has 25 heavy (non-hydrogen) atoms. The number of rotatable bonds is 3. The van der Waals surface area contributed by atoms with Crippen LogP contribution in [0, 0.1) is 0 Å². The number of carbonyl (C=O) groups is 2. The SMILES string of the molecule is Cn1c(=O)n(C)c2cc(NC(=O)C(=O)NCc3ccncc3)ccc21. The number of pyridine rings is 1. The van der Waals surface area contributed by atoms with E-state index in [4.69, 9.17) is 0 Å². The number of aromatic nitrogens is 3. The molecular weight excluding hydrogens is 322 g/mol. The van der Waals surface area contributed by atoms with Gasteiger partial charge in [0.05, 0.1) is 11.0 Å². The van der Waals surface area contributed by atoms with Crippen molar-refractivity contribution >= 4 is 28.5 Å². The molecule has 2 N–H and O–H groups in total. The third-order valence-corrected chi connectivity index (χ3v) is 3.94. The molecule has 8 nitrogen and oxygen atoms in total. The Balaban J connectivity index is 1.70. The summed E-state index contributed by atoms with van der Waals surface area (Å²) in [6, 6.07) is 8.53. The summed E-state index contributed by atoms with van der Waals surface area (Å²) in [7, 11) is 3.33. The lowest BCUT2D eigenvalue weighted by atomic mass is 10.2. The summed E-state index contributed by atoms with van der Waals surface area (Å²) in [5, 5.41) is 5.08. The molecule has 0 atom stereocenters.